The van der Waals surface area contributed by atoms with Gasteiger partial charge in [0.1, 0.15) is 0 Å². The number of carbonyl (C=O) groups is 1. The Morgan fingerprint density at radius 1 is 1.14 bits per heavy atom. The molecular weight excluding hydrogens is 317 g/mol. The van der Waals surface area contributed by atoms with Crippen molar-refractivity contribution in [1.29, 1.82) is 0 Å². The summed E-state index contributed by atoms with van der Waals surface area (Å²) in [6, 6.07) is 7.58. The number of hydrogen-bond acceptors (Lipinski definition) is 4. The van der Waals surface area contributed by atoms with Gasteiger partial charge in [-0.1, -0.05) is 23.2 Å². The molecule has 1 amide bonds. The van der Waals surface area contributed by atoms with Crippen molar-refractivity contribution in [3.63, 3.8) is 0 Å². The third kappa shape index (κ3) is 2.70. The Bertz CT molecular complexity index is 733. The molecule has 0 fully saturated rings. The van der Waals surface area contributed by atoms with Crippen molar-refractivity contribution in [2.45, 2.75) is 0 Å². The molecule has 7 heteroatoms. The Balaban J connectivity index is 1.87. The molecule has 5 nitrogen and oxygen atoms in total. The number of nitrogens with one attached hydrogen (secondary N) is 1. The number of halogens is 2. The molecule has 1 aliphatic heterocycles. The van der Waals surface area contributed by atoms with E-state index in [1.54, 1.807) is 18.2 Å². The molecule has 2 aromatic carbocycles. The number of ether oxygens (including phenoxy) is 2. The molecular formula is C14H9Cl2NO4. The van der Waals surface area contributed by atoms with Gasteiger partial charge in [-0.3, -0.25) is 4.79 Å². The van der Waals surface area contributed by atoms with Gasteiger partial charge in [0.2, 0.25) is 6.79 Å². The van der Waals surface area contributed by atoms with Crippen LogP contribution in [0.5, 0.6) is 17.2 Å². The van der Waals surface area contributed by atoms with Crippen molar-refractivity contribution in [2.75, 3.05) is 12.1 Å². The third-order valence-corrected chi connectivity index (χ3v) is 3.42. The maximum absolute atomic E-state index is 12.2. The summed E-state index contributed by atoms with van der Waals surface area (Å²) in [5.41, 5.74) is 0.491. The number of phenolic OH excluding ortho intramolecular Hbond substituents is 1. The summed E-state index contributed by atoms with van der Waals surface area (Å²) in [4.78, 5) is 12.2. The number of rotatable bonds is 2. The number of phenols is 1. The summed E-state index contributed by atoms with van der Waals surface area (Å²) in [5.74, 6) is 0.410. The van der Waals surface area contributed by atoms with Gasteiger partial charge in [-0.2, -0.15) is 0 Å². The first kappa shape index (κ1) is 13.9. The first-order valence-corrected chi connectivity index (χ1v) is 6.69. The van der Waals surface area contributed by atoms with Crippen LogP contribution in [0.4, 0.5) is 5.69 Å². The van der Waals surface area contributed by atoms with E-state index in [2.05, 4.69) is 5.32 Å². The van der Waals surface area contributed by atoms with Crippen LogP contribution in [-0.2, 0) is 0 Å². The number of amides is 1. The highest BCUT2D eigenvalue weighted by molar-refractivity contribution is 6.36. The van der Waals surface area contributed by atoms with Crippen molar-refractivity contribution >= 4 is 34.8 Å². The smallest absolute Gasteiger partial charge is 0.255 e. The Morgan fingerprint density at radius 2 is 1.90 bits per heavy atom. The number of fused-ring (bicyclic) bond motifs is 1. The zero-order valence-corrected chi connectivity index (χ0v) is 12.0. The number of aromatic hydroxyl groups is 1. The molecule has 3 rings (SSSR count). The highest BCUT2D eigenvalue weighted by Gasteiger charge is 2.17. The minimum Gasteiger partial charge on any atom is -0.504 e. The van der Waals surface area contributed by atoms with E-state index in [9.17, 15) is 9.90 Å². The quantitative estimate of drug-likeness (QED) is 0.826. The maximum Gasteiger partial charge on any atom is 0.255 e. The molecule has 2 aromatic rings. The first-order chi connectivity index (χ1) is 10.0. The van der Waals surface area contributed by atoms with Crippen molar-refractivity contribution in [2.24, 2.45) is 0 Å². The minimum atomic E-state index is -0.429. The number of anilines is 1. The maximum atomic E-state index is 12.2. The Kier molecular flexibility index (Phi) is 3.53. The highest BCUT2D eigenvalue weighted by Crippen LogP contribution is 2.36. The van der Waals surface area contributed by atoms with E-state index in [0.29, 0.717) is 22.1 Å². The largest absolute Gasteiger partial charge is 0.504 e. The zero-order valence-electron chi connectivity index (χ0n) is 10.5. The van der Waals surface area contributed by atoms with Crippen LogP contribution in [0.3, 0.4) is 0 Å². The molecule has 1 heterocycles. The molecule has 108 valence electrons. The van der Waals surface area contributed by atoms with E-state index in [0.717, 1.165) is 0 Å². The highest BCUT2D eigenvalue weighted by atomic mass is 35.5. The molecule has 0 saturated heterocycles. The standard InChI is InChI=1S/C14H9Cl2NO4/c15-8-4-9(16)13(18)10(5-8)17-14(19)7-1-2-11-12(3-7)21-6-20-11/h1-5,18H,6H2,(H,17,19). The summed E-state index contributed by atoms with van der Waals surface area (Å²) in [7, 11) is 0. The number of benzene rings is 2. The third-order valence-electron chi connectivity index (χ3n) is 2.91. The zero-order chi connectivity index (χ0) is 15.0. The summed E-state index contributed by atoms with van der Waals surface area (Å²) < 4.78 is 10.4. The van der Waals surface area contributed by atoms with Crippen molar-refractivity contribution in [3.05, 3.63) is 45.9 Å². The molecule has 0 aromatic heterocycles. The topological polar surface area (TPSA) is 67.8 Å². The summed E-state index contributed by atoms with van der Waals surface area (Å²) in [5, 5.41) is 12.7. The van der Waals surface area contributed by atoms with Crippen molar-refractivity contribution in [1.82, 2.24) is 0 Å². The Morgan fingerprint density at radius 3 is 2.71 bits per heavy atom. The van der Waals surface area contributed by atoms with Crippen molar-refractivity contribution < 1.29 is 19.4 Å². The lowest BCUT2D eigenvalue weighted by Crippen LogP contribution is -2.12. The molecule has 2 N–H and O–H groups in total. The van der Waals surface area contributed by atoms with Gasteiger partial charge in [-0.25, -0.2) is 0 Å². The van der Waals surface area contributed by atoms with Crippen LogP contribution >= 0.6 is 23.2 Å². The Hall–Kier alpha value is -2.11. The number of hydrogen-bond donors (Lipinski definition) is 2. The van der Waals surface area contributed by atoms with Gasteiger partial charge in [0.15, 0.2) is 17.2 Å². The van der Waals surface area contributed by atoms with Gasteiger partial charge in [0.05, 0.1) is 10.7 Å². The second-order valence-corrected chi connectivity index (χ2v) is 5.15. The molecule has 0 spiro atoms. The van der Waals surface area contributed by atoms with Crippen LogP contribution in [0.1, 0.15) is 10.4 Å². The van der Waals surface area contributed by atoms with E-state index in [-0.39, 0.29) is 23.3 Å². The van der Waals surface area contributed by atoms with Crippen LogP contribution in [0, 0.1) is 0 Å². The average molecular weight is 326 g/mol. The lowest BCUT2D eigenvalue weighted by molar-refractivity contribution is 0.102. The molecule has 0 saturated carbocycles. The predicted octanol–water partition coefficient (Wildman–Crippen LogP) is 3.68. The van der Waals surface area contributed by atoms with Gasteiger partial charge in [-0.05, 0) is 30.3 Å². The van der Waals surface area contributed by atoms with Gasteiger partial charge < -0.3 is 19.9 Å². The van der Waals surface area contributed by atoms with Crippen LogP contribution in [0.25, 0.3) is 0 Å². The van der Waals surface area contributed by atoms with E-state index >= 15 is 0 Å². The van der Waals surface area contributed by atoms with Crippen LogP contribution in [0.15, 0.2) is 30.3 Å². The summed E-state index contributed by atoms with van der Waals surface area (Å²) in [6.07, 6.45) is 0. The van der Waals surface area contributed by atoms with E-state index in [4.69, 9.17) is 32.7 Å². The van der Waals surface area contributed by atoms with Gasteiger partial charge in [0, 0.05) is 10.6 Å². The SMILES string of the molecule is O=C(Nc1cc(Cl)cc(Cl)c1O)c1ccc2c(c1)OCO2. The fourth-order valence-corrected chi connectivity index (χ4v) is 2.39. The lowest BCUT2D eigenvalue weighted by atomic mass is 10.2. The molecule has 0 radical (unpaired) electrons. The molecule has 0 bridgehead atoms. The summed E-state index contributed by atoms with van der Waals surface area (Å²) >= 11 is 11.6. The second-order valence-electron chi connectivity index (χ2n) is 4.31. The minimum absolute atomic E-state index is 0.0588. The molecule has 0 atom stereocenters. The normalized spacial score (nSPS) is 12.3. The van der Waals surface area contributed by atoms with Crippen LogP contribution in [0.2, 0.25) is 10.0 Å². The van der Waals surface area contributed by atoms with Crippen LogP contribution < -0.4 is 14.8 Å². The first-order valence-electron chi connectivity index (χ1n) is 5.93. The van der Waals surface area contributed by atoms with Gasteiger partial charge in [0.25, 0.3) is 5.91 Å². The predicted molar refractivity (Wildman–Crippen MR) is 78.6 cm³/mol. The lowest BCUT2D eigenvalue weighted by Gasteiger charge is -2.09. The second kappa shape index (κ2) is 5.35. The van der Waals surface area contributed by atoms with Crippen LogP contribution in [-0.4, -0.2) is 17.8 Å². The molecule has 0 aliphatic carbocycles. The van der Waals surface area contributed by atoms with Gasteiger partial charge in [-0.15, -0.1) is 0 Å². The molecule has 1 aliphatic rings. The average Bonchev–Trinajstić information content (AvgIpc) is 2.91. The van der Waals surface area contributed by atoms with E-state index in [1.807, 2.05) is 0 Å². The van der Waals surface area contributed by atoms with Crippen molar-refractivity contribution in [3.8, 4) is 17.2 Å². The molecule has 21 heavy (non-hydrogen) atoms. The molecule has 0 unspecified atom stereocenters. The van der Waals surface area contributed by atoms with E-state index < -0.39 is 5.91 Å². The Labute approximate surface area is 130 Å². The monoisotopic (exact) mass is 325 g/mol. The fraction of sp³-hybridized carbons (Fsp3) is 0.0714. The fourth-order valence-electron chi connectivity index (χ4n) is 1.89. The van der Waals surface area contributed by atoms with Gasteiger partial charge >= 0.3 is 0 Å². The number of carbonyl (C=O) groups excluding carboxylic acids is 1. The van der Waals surface area contributed by atoms with E-state index in [1.165, 1.54) is 12.1 Å². The summed E-state index contributed by atoms with van der Waals surface area (Å²) in [6.45, 7) is 0.130.